The molecule has 0 N–H and O–H groups in total. The van der Waals surface area contributed by atoms with Gasteiger partial charge in [-0.1, -0.05) is 0 Å². The lowest BCUT2D eigenvalue weighted by Gasteiger charge is -2.36. The summed E-state index contributed by atoms with van der Waals surface area (Å²) in [6.45, 7) is 10.5. The van der Waals surface area contributed by atoms with Gasteiger partial charge >= 0.3 is 11.8 Å². The van der Waals surface area contributed by atoms with Gasteiger partial charge in [0.1, 0.15) is 11.1 Å². The summed E-state index contributed by atoms with van der Waals surface area (Å²) in [5.41, 5.74) is 1.09. The molecule has 0 unspecified atom stereocenters. The number of anilines is 1. The highest BCUT2D eigenvalue weighted by molar-refractivity contribution is 9.10. The molecule has 9 heteroatoms. The Kier molecular flexibility index (Phi) is 5.24. The van der Waals surface area contributed by atoms with Crippen molar-refractivity contribution in [2.24, 2.45) is 7.05 Å². The highest BCUT2D eigenvalue weighted by atomic mass is 79.9. The number of nitrogens with zero attached hydrogens (tertiary/aromatic N) is 5. The van der Waals surface area contributed by atoms with Gasteiger partial charge in [-0.2, -0.15) is 0 Å². The number of aromatic nitrogens is 3. The van der Waals surface area contributed by atoms with Crippen LogP contribution in [0.4, 0.5) is 10.6 Å². The topological polar surface area (TPSA) is 72.6 Å². The monoisotopic (exact) mass is 439 g/mol. The van der Waals surface area contributed by atoms with Gasteiger partial charge < -0.3 is 14.5 Å². The Bertz CT molecular complexity index is 920. The lowest BCUT2D eigenvalue weighted by atomic mass is 10.2. The Morgan fingerprint density at radius 1 is 1.22 bits per heavy atom. The van der Waals surface area contributed by atoms with E-state index in [1.807, 2.05) is 27.7 Å². The minimum absolute atomic E-state index is 0.0603. The van der Waals surface area contributed by atoms with E-state index >= 15 is 0 Å². The van der Waals surface area contributed by atoms with Crippen LogP contribution in [0.3, 0.4) is 0 Å². The Hall–Kier alpha value is -2.03. The van der Waals surface area contributed by atoms with Crippen LogP contribution in [0.15, 0.2) is 15.5 Å². The van der Waals surface area contributed by atoms with Gasteiger partial charge in [-0.05, 0) is 43.6 Å². The molecule has 148 valence electrons. The zero-order valence-electron chi connectivity index (χ0n) is 16.5. The molecule has 8 nitrogen and oxygen atoms in total. The summed E-state index contributed by atoms with van der Waals surface area (Å²) in [5, 5.41) is 0. The molecule has 1 saturated heterocycles. The van der Waals surface area contributed by atoms with E-state index in [0.717, 1.165) is 21.3 Å². The summed E-state index contributed by atoms with van der Waals surface area (Å²) in [7, 11) is 1.77. The Balaban J connectivity index is 1.88. The molecule has 0 bridgehead atoms. The first-order valence-electron chi connectivity index (χ1n) is 9.10. The zero-order valence-corrected chi connectivity index (χ0v) is 18.0. The minimum atomic E-state index is -0.505. The highest BCUT2D eigenvalue weighted by Gasteiger charge is 2.28. The second-order valence-corrected chi connectivity index (χ2v) is 8.52. The number of rotatable bonds is 2. The Morgan fingerprint density at radius 3 is 2.41 bits per heavy atom. The molecular formula is C18H26BrN5O3. The zero-order chi connectivity index (χ0) is 19.9. The fourth-order valence-corrected chi connectivity index (χ4v) is 3.91. The number of imidazole rings is 1. The van der Waals surface area contributed by atoms with E-state index < -0.39 is 5.60 Å². The molecule has 0 atom stereocenters. The molecule has 2 aromatic heterocycles. The van der Waals surface area contributed by atoms with Crippen LogP contribution < -0.4 is 10.6 Å². The van der Waals surface area contributed by atoms with E-state index in [1.54, 1.807) is 27.3 Å². The van der Waals surface area contributed by atoms with Gasteiger partial charge in [0, 0.05) is 46.0 Å². The molecule has 3 rings (SSSR count). The van der Waals surface area contributed by atoms with Gasteiger partial charge in [0.2, 0.25) is 0 Å². The van der Waals surface area contributed by atoms with Crippen LogP contribution in [-0.4, -0.2) is 56.9 Å². The number of halogens is 1. The van der Waals surface area contributed by atoms with Gasteiger partial charge in [0.25, 0.3) is 0 Å². The minimum Gasteiger partial charge on any atom is -0.444 e. The van der Waals surface area contributed by atoms with E-state index in [1.165, 1.54) is 0 Å². The molecule has 0 saturated carbocycles. The second kappa shape index (κ2) is 7.18. The lowest BCUT2D eigenvalue weighted by Crippen LogP contribution is -2.50. The van der Waals surface area contributed by atoms with E-state index in [-0.39, 0.29) is 11.8 Å². The first-order chi connectivity index (χ1) is 12.6. The number of piperazine rings is 1. The quantitative estimate of drug-likeness (QED) is 0.718. The summed E-state index contributed by atoms with van der Waals surface area (Å²) in [4.78, 5) is 33.3. The number of pyridine rings is 1. The predicted molar refractivity (Wildman–Crippen MR) is 108 cm³/mol. The smallest absolute Gasteiger partial charge is 0.410 e. The second-order valence-electron chi connectivity index (χ2n) is 7.67. The van der Waals surface area contributed by atoms with Crippen molar-refractivity contribution < 1.29 is 9.53 Å². The summed E-state index contributed by atoms with van der Waals surface area (Å²) < 4.78 is 9.63. The van der Waals surface area contributed by atoms with Gasteiger partial charge in [-0.3, -0.25) is 9.13 Å². The third-order valence-corrected chi connectivity index (χ3v) is 5.21. The molecule has 1 aliphatic heterocycles. The molecule has 27 heavy (non-hydrogen) atoms. The number of hydrogen-bond acceptors (Lipinski definition) is 5. The Labute approximate surface area is 166 Å². The van der Waals surface area contributed by atoms with Crippen molar-refractivity contribution in [1.29, 1.82) is 0 Å². The van der Waals surface area contributed by atoms with E-state index in [4.69, 9.17) is 4.74 Å². The summed E-state index contributed by atoms with van der Waals surface area (Å²) in [6, 6.07) is 0. The largest absolute Gasteiger partial charge is 0.444 e. The average molecular weight is 440 g/mol. The van der Waals surface area contributed by atoms with Crippen molar-refractivity contribution in [2.75, 3.05) is 31.1 Å². The van der Waals surface area contributed by atoms with Crippen LogP contribution in [0, 0.1) is 0 Å². The molecule has 0 aliphatic carbocycles. The summed E-state index contributed by atoms with van der Waals surface area (Å²) in [5.74, 6) is 0.775. The number of aryl methyl sites for hydroxylation is 2. The van der Waals surface area contributed by atoms with Crippen molar-refractivity contribution in [3.63, 3.8) is 0 Å². The van der Waals surface area contributed by atoms with Crippen LogP contribution in [0.1, 0.15) is 27.7 Å². The molecule has 1 amide bonds. The van der Waals surface area contributed by atoms with E-state index in [9.17, 15) is 9.59 Å². The van der Waals surface area contributed by atoms with Gasteiger partial charge in [-0.25, -0.2) is 14.6 Å². The number of carbonyl (C=O) groups excluding carboxylic acids is 1. The van der Waals surface area contributed by atoms with Crippen LogP contribution in [-0.2, 0) is 18.3 Å². The van der Waals surface area contributed by atoms with Crippen molar-refractivity contribution in [3.05, 3.63) is 21.2 Å². The first-order valence-corrected chi connectivity index (χ1v) is 9.90. The maximum absolute atomic E-state index is 12.6. The van der Waals surface area contributed by atoms with Gasteiger partial charge in [-0.15, -0.1) is 0 Å². The predicted octanol–water partition coefficient (Wildman–Crippen LogP) is 2.57. The van der Waals surface area contributed by atoms with Crippen LogP contribution in [0.2, 0.25) is 0 Å². The van der Waals surface area contributed by atoms with Gasteiger partial charge in [0.05, 0.1) is 9.99 Å². The number of ether oxygens (including phenoxy) is 1. The summed E-state index contributed by atoms with van der Waals surface area (Å²) >= 11 is 3.52. The number of fused-ring (bicyclic) bond motifs is 1. The molecular weight excluding hydrogens is 414 g/mol. The molecule has 0 radical (unpaired) electrons. The third kappa shape index (κ3) is 3.69. The number of hydrogen-bond donors (Lipinski definition) is 0. The number of amides is 1. The molecule has 1 aliphatic rings. The fraction of sp³-hybridized carbons (Fsp3) is 0.611. The maximum Gasteiger partial charge on any atom is 0.410 e. The normalized spacial score (nSPS) is 15.5. The van der Waals surface area contributed by atoms with Crippen LogP contribution in [0.5, 0.6) is 0 Å². The summed E-state index contributed by atoms with van der Waals surface area (Å²) in [6.07, 6.45) is 1.44. The standard InChI is InChI=1S/C18H26BrN5O3/c1-6-24-14-13(21(5)16(24)25)12(19)11-20-15(14)22-7-9-23(10-8-22)17(26)27-18(2,3)4/h11H,6-10H2,1-5H3. The van der Waals surface area contributed by atoms with Gasteiger partial charge in [0.15, 0.2) is 5.82 Å². The van der Waals surface area contributed by atoms with Crippen molar-refractivity contribution in [1.82, 2.24) is 19.0 Å². The Morgan fingerprint density at radius 2 is 1.85 bits per heavy atom. The average Bonchev–Trinajstić information content (AvgIpc) is 2.86. The van der Waals surface area contributed by atoms with Crippen LogP contribution >= 0.6 is 15.9 Å². The van der Waals surface area contributed by atoms with Crippen molar-refractivity contribution in [2.45, 2.75) is 39.8 Å². The maximum atomic E-state index is 12.6. The third-order valence-electron chi connectivity index (χ3n) is 4.63. The van der Waals surface area contributed by atoms with E-state index in [2.05, 4.69) is 25.8 Å². The van der Waals surface area contributed by atoms with Crippen LogP contribution in [0.25, 0.3) is 11.0 Å². The molecule has 0 aromatic carbocycles. The SMILES string of the molecule is CCn1c(=O)n(C)c2c(Br)cnc(N3CCN(C(=O)OC(C)(C)C)CC3)c21. The van der Waals surface area contributed by atoms with E-state index in [0.29, 0.717) is 32.7 Å². The molecule has 0 spiro atoms. The molecule has 1 fully saturated rings. The first kappa shape index (κ1) is 19.7. The highest BCUT2D eigenvalue weighted by Crippen LogP contribution is 2.30. The number of carbonyl (C=O) groups is 1. The van der Waals surface area contributed by atoms with Crippen molar-refractivity contribution >= 4 is 38.9 Å². The fourth-order valence-electron chi connectivity index (χ4n) is 3.35. The molecule has 2 aromatic rings. The van der Waals surface area contributed by atoms with Crippen molar-refractivity contribution in [3.8, 4) is 0 Å². The molecule has 3 heterocycles. The lowest BCUT2D eigenvalue weighted by molar-refractivity contribution is 0.0240.